The van der Waals surface area contributed by atoms with Gasteiger partial charge in [0.05, 0.1) is 0 Å². The van der Waals surface area contributed by atoms with Crippen LogP contribution < -0.4 is 0 Å². The highest BCUT2D eigenvalue weighted by molar-refractivity contribution is 5.71. The Morgan fingerprint density at radius 2 is 0.540 bits per heavy atom. The summed E-state index contributed by atoms with van der Waals surface area (Å²) >= 11 is 0. The van der Waals surface area contributed by atoms with Crippen LogP contribution in [0, 0.1) is 0 Å². The fraction of sp³-hybridized carbons (Fsp3) is 0.932. The van der Waals surface area contributed by atoms with E-state index in [1.165, 1.54) is 148 Å². The van der Waals surface area contributed by atoms with Crippen LogP contribution in [0.1, 0.15) is 245 Å². The molecule has 0 N–H and O–H groups in total. The Hall–Kier alpha value is -1.59. The van der Waals surface area contributed by atoms with Crippen molar-refractivity contribution in [3.05, 3.63) is 0 Å². The lowest BCUT2D eigenvalue weighted by molar-refractivity contribution is -0.167. The maximum Gasteiger partial charge on any atom is 0.306 e. The maximum absolute atomic E-state index is 12.7. The van der Waals surface area contributed by atoms with E-state index in [0.717, 1.165) is 57.8 Å². The van der Waals surface area contributed by atoms with E-state index in [4.69, 9.17) is 14.2 Å². The molecule has 0 saturated heterocycles. The Balaban J connectivity index is 4.32. The van der Waals surface area contributed by atoms with Crippen LogP contribution >= 0.6 is 0 Å². The molecule has 0 radical (unpaired) electrons. The summed E-state index contributed by atoms with van der Waals surface area (Å²) in [5.41, 5.74) is 0. The summed E-state index contributed by atoms with van der Waals surface area (Å²) in [6, 6.07) is 0. The summed E-state index contributed by atoms with van der Waals surface area (Å²) < 4.78 is 16.7. The number of carbonyl (C=O) groups is 3. The van der Waals surface area contributed by atoms with Crippen LogP contribution in [0.15, 0.2) is 0 Å². The molecule has 6 heteroatoms. The molecule has 0 unspecified atom stereocenters. The molecule has 0 fully saturated rings. The smallest absolute Gasteiger partial charge is 0.306 e. The highest BCUT2D eigenvalue weighted by Gasteiger charge is 2.19. The van der Waals surface area contributed by atoms with E-state index in [2.05, 4.69) is 20.8 Å². The van der Waals surface area contributed by atoms with Crippen molar-refractivity contribution in [2.75, 3.05) is 13.2 Å². The van der Waals surface area contributed by atoms with Crippen molar-refractivity contribution in [2.24, 2.45) is 0 Å². The Bertz CT molecular complexity index is 738. The molecule has 0 aromatic heterocycles. The predicted octanol–water partition coefficient (Wildman–Crippen LogP) is 13.7. The van der Waals surface area contributed by atoms with Crippen LogP contribution in [0.2, 0.25) is 0 Å². The van der Waals surface area contributed by atoms with Gasteiger partial charge in [0.2, 0.25) is 0 Å². The van der Waals surface area contributed by atoms with Crippen LogP contribution in [0.5, 0.6) is 0 Å². The molecule has 0 aliphatic heterocycles. The zero-order chi connectivity index (χ0) is 36.6. The second kappa shape index (κ2) is 40.2. The van der Waals surface area contributed by atoms with Crippen molar-refractivity contribution < 1.29 is 28.6 Å². The van der Waals surface area contributed by atoms with Gasteiger partial charge in [-0.15, -0.1) is 0 Å². The molecule has 0 saturated carbocycles. The van der Waals surface area contributed by atoms with E-state index in [1.54, 1.807) is 0 Å². The quantitative estimate of drug-likeness (QED) is 0.0358. The summed E-state index contributed by atoms with van der Waals surface area (Å²) in [6.45, 7) is 6.62. The molecule has 0 rings (SSSR count). The third-order valence-electron chi connectivity index (χ3n) is 9.86. The van der Waals surface area contributed by atoms with Gasteiger partial charge in [-0.25, -0.2) is 0 Å². The van der Waals surface area contributed by atoms with Crippen molar-refractivity contribution >= 4 is 17.9 Å². The average Bonchev–Trinajstić information content (AvgIpc) is 3.11. The van der Waals surface area contributed by atoms with E-state index in [0.29, 0.717) is 19.3 Å². The Labute approximate surface area is 310 Å². The normalized spacial score (nSPS) is 11.8. The molecule has 296 valence electrons. The van der Waals surface area contributed by atoms with Gasteiger partial charge >= 0.3 is 17.9 Å². The minimum Gasteiger partial charge on any atom is -0.462 e. The van der Waals surface area contributed by atoms with E-state index < -0.39 is 6.10 Å². The van der Waals surface area contributed by atoms with Gasteiger partial charge in [0.15, 0.2) is 6.10 Å². The first-order valence-corrected chi connectivity index (χ1v) is 22.0. The molecule has 50 heavy (non-hydrogen) atoms. The van der Waals surface area contributed by atoms with Crippen LogP contribution in [0.25, 0.3) is 0 Å². The second-order valence-corrected chi connectivity index (χ2v) is 15.0. The van der Waals surface area contributed by atoms with E-state index >= 15 is 0 Å². The highest BCUT2D eigenvalue weighted by atomic mass is 16.6. The first kappa shape index (κ1) is 48.4. The molecular formula is C44H84O6. The molecule has 0 aliphatic rings. The van der Waals surface area contributed by atoms with Gasteiger partial charge in [-0.3, -0.25) is 14.4 Å². The lowest BCUT2D eigenvalue weighted by atomic mass is 10.0. The van der Waals surface area contributed by atoms with Gasteiger partial charge in [0.25, 0.3) is 0 Å². The molecule has 0 aliphatic carbocycles. The van der Waals surface area contributed by atoms with Crippen molar-refractivity contribution in [2.45, 2.75) is 252 Å². The Morgan fingerprint density at radius 1 is 0.320 bits per heavy atom. The largest absolute Gasteiger partial charge is 0.462 e. The zero-order valence-electron chi connectivity index (χ0n) is 33.7. The van der Waals surface area contributed by atoms with Gasteiger partial charge in [-0.2, -0.15) is 0 Å². The monoisotopic (exact) mass is 709 g/mol. The maximum atomic E-state index is 12.7. The van der Waals surface area contributed by atoms with Crippen molar-refractivity contribution in [1.82, 2.24) is 0 Å². The molecule has 0 bridgehead atoms. The highest BCUT2D eigenvalue weighted by Crippen LogP contribution is 2.15. The SMILES string of the molecule is CCCCCCCCCCCCCCC(=O)O[C@H](COC(=O)CCCCCCCCCCC)COC(=O)CCCCCCCCCCCCC. The number of esters is 3. The number of hydrogen-bond acceptors (Lipinski definition) is 6. The zero-order valence-corrected chi connectivity index (χ0v) is 33.7. The molecule has 0 spiro atoms. The predicted molar refractivity (Wildman–Crippen MR) is 210 cm³/mol. The minimum absolute atomic E-state index is 0.0631. The third-order valence-corrected chi connectivity index (χ3v) is 9.86. The van der Waals surface area contributed by atoms with Crippen molar-refractivity contribution in [3.8, 4) is 0 Å². The number of ether oxygens (including phenoxy) is 3. The summed E-state index contributed by atoms with van der Waals surface area (Å²) in [5, 5.41) is 0. The fourth-order valence-corrected chi connectivity index (χ4v) is 6.50. The van der Waals surface area contributed by atoms with Gasteiger partial charge in [-0.05, 0) is 19.3 Å². The number of hydrogen-bond donors (Lipinski definition) is 0. The van der Waals surface area contributed by atoms with Gasteiger partial charge < -0.3 is 14.2 Å². The van der Waals surface area contributed by atoms with Crippen molar-refractivity contribution in [3.63, 3.8) is 0 Å². The first-order chi connectivity index (χ1) is 24.5. The van der Waals surface area contributed by atoms with Crippen LogP contribution in [-0.4, -0.2) is 37.2 Å². The van der Waals surface area contributed by atoms with Crippen molar-refractivity contribution in [1.29, 1.82) is 0 Å². The first-order valence-electron chi connectivity index (χ1n) is 22.0. The van der Waals surface area contributed by atoms with E-state index in [1.807, 2.05) is 0 Å². The number of rotatable bonds is 40. The lowest BCUT2D eigenvalue weighted by Crippen LogP contribution is -2.30. The summed E-state index contributed by atoms with van der Waals surface area (Å²) in [4.78, 5) is 37.6. The third kappa shape index (κ3) is 37.7. The average molecular weight is 709 g/mol. The molecule has 0 aromatic rings. The van der Waals surface area contributed by atoms with E-state index in [-0.39, 0.29) is 31.1 Å². The summed E-state index contributed by atoms with van der Waals surface area (Å²) in [5.74, 6) is -0.857. The van der Waals surface area contributed by atoms with Gasteiger partial charge in [0.1, 0.15) is 13.2 Å². The standard InChI is InChI=1S/C44H84O6/c1-4-7-10-13-16-19-21-23-26-29-32-35-38-44(47)50-41(39-48-42(45)36-33-30-27-24-18-15-12-9-6-3)40-49-43(46)37-34-31-28-25-22-20-17-14-11-8-5-2/h41H,4-40H2,1-3H3/t41-/m1/s1. The molecule has 1 atom stereocenters. The summed E-state index contributed by atoms with van der Waals surface area (Å²) in [7, 11) is 0. The van der Waals surface area contributed by atoms with Gasteiger partial charge in [0, 0.05) is 19.3 Å². The Kier molecular flexibility index (Phi) is 38.9. The molecule has 0 aromatic carbocycles. The van der Waals surface area contributed by atoms with E-state index in [9.17, 15) is 14.4 Å². The fourth-order valence-electron chi connectivity index (χ4n) is 6.50. The number of carbonyl (C=O) groups excluding carboxylic acids is 3. The molecule has 0 heterocycles. The molecule has 0 amide bonds. The number of unbranched alkanes of at least 4 members (excludes halogenated alkanes) is 29. The lowest BCUT2D eigenvalue weighted by Gasteiger charge is -2.18. The topological polar surface area (TPSA) is 78.9 Å². The second-order valence-electron chi connectivity index (χ2n) is 15.0. The van der Waals surface area contributed by atoms with Crippen LogP contribution in [0.3, 0.4) is 0 Å². The molecule has 6 nitrogen and oxygen atoms in total. The minimum atomic E-state index is -0.756. The van der Waals surface area contributed by atoms with Gasteiger partial charge in [-0.1, -0.05) is 207 Å². The van der Waals surface area contributed by atoms with Crippen LogP contribution in [-0.2, 0) is 28.6 Å². The molecular weight excluding hydrogens is 624 g/mol. The Morgan fingerprint density at radius 3 is 0.800 bits per heavy atom. The summed E-state index contributed by atoms with van der Waals surface area (Å²) in [6.07, 6.45) is 39.4. The van der Waals surface area contributed by atoms with Crippen LogP contribution in [0.4, 0.5) is 0 Å².